The summed E-state index contributed by atoms with van der Waals surface area (Å²) in [5.41, 5.74) is 5.84. The van der Waals surface area contributed by atoms with Crippen LogP contribution < -0.4 is 11.1 Å². The Morgan fingerprint density at radius 1 is 1.37 bits per heavy atom. The van der Waals surface area contributed by atoms with Crippen molar-refractivity contribution in [2.45, 2.75) is 51.1 Å². The molecule has 110 valence electrons. The third-order valence-electron chi connectivity index (χ3n) is 4.09. The van der Waals surface area contributed by atoms with Gasteiger partial charge in [-0.05, 0) is 32.6 Å². The number of hydrogen-bond acceptors (Lipinski definition) is 3. The fourth-order valence-corrected chi connectivity index (χ4v) is 2.84. The van der Waals surface area contributed by atoms with Gasteiger partial charge in [-0.25, -0.2) is 0 Å². The summed E-state index contributed by atoms with van der Waals surface area (Å²) in [4.78, 5) is 25.4. The number of likely N-dealkylation sites (tertiary alicyclic amines) is 1. The van der Waals surface area contributed by atoms with Gasteiger partial charge in [0, 0.05) is 31.6 Å². The van der Waals surface area contributed by atoms with Gasteiger partial charge in [-0.1, -0.05) is 0 Å². The molecule has 1 atom stereocenters. The number of carbonyl (C=O) groups excluding carboxylic acids is 2. The zero-order chi connectivity index (χ0) is 13.1. The Kier molecular flexibility index (Phi) is 6.07. The lowest BCUT2D eigenvalue weighted by Crippen LogP contribution is -2.43. The van der Waals surface area contributed by atoms with Gasteiger partial charge < -0.3 is 16.0 Å². The second-order valence-electron chi connectivity index (χ2n) is 5.45. The first-order valence-electron chi connectivity index (χ1n) is 6.94. The van der Waals surface area contributed by atoms with Crippen LogP contribution in [0.3, 0.4) is 0 Å². The van der Waals surface area contributed by atoms with Crippen LogP contribution in [0.1, 0.15) is 39.0 Å². The molecule has 2 rings (SSSR count). The van der Waals surface area contributed by atoms with E-state index in [0.29, 0.717) is 25.6 Å². The first-order valence-corrected chi connectivity index (χ1v) is 6.94. The van der Waals surface area contributed by atoms with Crippen LogP contribution >= 0.6 is 12.4 Å². The summed E-state index contributed by atoms with van der Waals surface area (Å²) < 4.78 is 0. The van der Waals surface area contributed by atoms with Crippen LogP contribution in [-0.4, -0.2) is 41.9 Å². The maximum Gasteiger partial charge on any atom is 0.225 e. The molecule has 1 saturated carbocycles. The predicted octanol–water partition coefficient (Wildman–Crippen LogP) is 0.663. The Bertz CT molecular complexity index is 330. The van der Waals surface area contributed by atoms with E-state index in [1.54, 1.807) is 4.90 Å². The molecule has 2 fully saturated rings. The van der Waals surface area contributed by atoms with Crippen molar-refractivity contribution >= 4 is 24.2 Å². The lowest BCUT2D eigenvalue weighted by molar-refractivity contribution is -0.129. The van der Waals surface area contributed by atoms with Crippen molar-refractivity contribution in [1.29, 1.82) is 0 Å². The molecule has 0 spiro atoms. The molecule has 1 aliphatic carbocycles. The van der Waals surface area contributed by atoms with E-state index in [-0.39, 0.29) is 36.2 Å². The van der Waals surface area contributed by atoms with Gasteiger partial charge in [0.15, 0.2) is 0 Å². The Morgan fingerprint density at radius 2 is 2.00 bits per heavy atom. The second-order valence-corrected chi connectivity index (χ2v) is 5.45. The first-order chi connectivity index (χ1) is 8.60. The first kappa shape index (κ1) is 16.2. The van der Waals surface area contributed by atoms with Gasteiger partial charge in [0.2, 0.25) is 11.8 Å². The van der Waals surface area contributed by atoms with Gasteiger partial charge in [-0.15, -0.1) is 12.4 Å². The number of carbonyl (C=O) groups is 2. The van der Waals surface area contributed by atoms with Crippen LogP contribution in [0.15, 0.2) is 0 Å². The third kappa shape index (κ3) is 4.08. The average molecular weight is 290 g/mol. The lowest BCUT2D eigenvalue weighted by Gasteiger charge is -2.27. The minimum absolute atomic E-state index is 0. The van der Waals surface area contributed by atoms with Crippen molar-refractivity contribution in [3.05, 3.63) is 0 Å². The van der Waals surface area contributed by atoms with Crippen molar-refractivity contribution in [3.8, 4) is 0 Å². The molecule has 1 saturated heterocycles. The Balaban J connectivity index is 0.00000180. The summed E-state index contributed by atoms with van der Waals surface area (Å²) in [7, 11) is 0. The molecule has 19 heavy (non-hydrogen) atoms. The predicted molar refractivity (Wildman–Crippen MR) is 76.0 cm³/mol. The third-order valence-corrected chi connectivity index (χ3v) is 4.09. The summed E-state index contributed by atoms with van der Waals surface area (Å²) in [5.74, 6) is -0.0175. The van der Waals surface area contributed by atoms with Gasteiger partial charge in [-0.2, -0.15) is 0 Å². The molecule has 5 nitrogen and oxygen atoms in total. The molecule has 3 N–H and O–H groups in total. The Labute approximate surface area is 120 Å². The van der Waals surface area contributed by atoms with Crippen LogP contribution in [0.4, 0.5) is 0 Å². The zero-order valence-corrected chi connectivity index (χ0v) is 12.2. The smallest absolute Gasteiger partial charge is 0.225 e. The molecule has 6 heteroatoms. The van der Waals surface area contributed by atoms with E-state index in [9.17, 15) is 9.59 Å². The molecule has 0 aromatic rings. The number of halogens is 1. The van der Waals surface area contributed by atoms with Crippen molar-refractivity contribution < 1.29 is 9.59 Å². The normalized spacial score (nSPS) is 30.9. The van der Waals surface area contributed by atoms with E-state index in [1.807, 2.05) is 6.92 Å². The van der Waals surface area contributed by atoms with Crippen molar-refractivity contribution in [1.82, 2.24) is 10.2 Å². The second kappa shape index (κ2) is 7.10. The fraction of sp³-hybridized carbons (Fsp3) is 0.846. The maximum atomic E-state index is 12.1. The molecule has 0 radical (unpaired) electrons. The maximum absolute atomic E-state index is 12.1. The molecule has 1 unspecified atom stereocenters. The van der Waals surface area contributed by atoms with Gasteiger partial charge in [-0.3, -0.25) is 9.59 Å². The molecule has 0 bridgehead atoms. The van der Waals surface area contributed by atoms with Crippen LogP contribution in [0.2, 0.25) is 0 Å². The average Bonchev–Trinajstić information content (AvgIpc) is 2.73. The molecule has 0 aromatic heterocycles. The van der Waals surface area contributed by atoms with E-state index < -0.39 is 0 Å². The number of nitrogens with one attached hydrogen (secondary N) is 1. The highest BCUT2D eigenvalue weighted by atomic mass is 35.5. The summed E-state index contributed by atoms with van der Waals surface area (Å²) in [6.45, 7) is 3.22. The van der Waals surface area contributed by atoms with E-state index in [0.717, 1.165) is 25.7 Å². The summed E-state index contributed by atoms with van der Waals surface area (Å²) in [6, 6.07) is 0.546. The van der Waals surface area contributed by atoms with Crippen LogP contribution in [-0.2, 0) is 9.59 Å². The standard InChI is InChI=1S/C13H23N3O2.ClH/c1-2-16-8-9(7-12(16)17)13(18)15-11-5-3-10(14)4-6-11;/h9-11H,2-8,14H2,1H3,(H,15,18);1H. The van der Waals surface area contributed by atoms with Crippen LogP contribution in [0.5, 0.6) is 0 Å². The molecule has 0 aromatic carbocycles. The van der Waals surface area contributed by atoms with Crippen molar-refractivity contribution in [2.24, 2.45) is 11.7 Å². The van der Waals surface area contributed by atoms with Gasteiger partial charge in [0.1, 0.15) is 0 Å². The summed E-state index contributed by atoms with van der Waals surface area (Å²) >= 11 is 0. The van der Waals surface area contributed by atoms with Crippen LogP contribution in [0, 0.1) is 5.92 Å². The lowest BCUT2D eigenvalue weighted by atomic mass is 9.91. The summed E-state index contributed by atoms with van der Waals surface area (Å²) in [5, 5.41) is 3.07. The molecular weight excluding hydrogens is 266 g/mol. The topological polar surface area (TPSA) is 75.4 Å². The van der Waals surface area contributed by atoms with E-state index in [1.165, 1.54) is 0 Å². The van der Waals surface area contributed by atoms with Gasteiger partial charge in [0.25, 0.3) is 0 Å². The number of nitrogens with two attached hydrogens (primary N) is 1. The highest BCUT2D eigenvalue weighted by Crippen LogP contribution is 2.20. The zero-order valence-electron chi connectivity index (χ0n) is 11.4. The number of rotatable bonds is 3. The monoisotopic (exact) mass is 289 g/mol. The van der Waals surface area contributed by atoms with Crippen molar-refractivity contribution in [3.63, 3.8) is 0 Å². The highest BCUT2D eigenvalue weighted by Gasteiger charge is 2.34. The SMILES string of the molecule is CCN1CC(C(=O)NC2CCC(N)CC2)CC1=O.Cl. The van der Waals surface area contributed by atoms with E-state index in [4.69, 9.17) is 5.73 Å². The van der Waals surface area contributed by atoms with Gasteiger partial charge >= 0.3 is 0 Å². The van der Waals surface area contributed by atoms with E-state index >= 15 is 0 Å². The molecule has 1 heterocycles. The minimum Gasteiger partial charge on any atom is -0.353 e. The van der Waals surface area contributed by atoms with E-state index in [2.05, 4.69) is 5.32 Å². The van der Waals surface area contributed by atoms with Gasteiger partial charge in [0.05, 0.1) is 5.92 Å². The fourth-order valence-electron chi connectivity index (χ4n) is 2.84. The Morgan fingerprint density at radius 3 is 2.53 bits per heavy atom. The van der Waals surface area contributed by atoms with Crippen LogP contribution in [0.25, 0.3) is 0 Å². The molecule has 1 aliphatic heterocycles. The quantitative estimate of drug-likeness (QED) is 0.801. The molecule has 2 amide bonds. The Hall–Kier alpha value is -0.810. The number of nitrogens with zero attached hydrogens (tertiary/aromatic N) is 1. The molecule has 2 aliphatic rings. The molecular formula is C13H24ClN3O2. The number of hydrogen-bond donors (Lipinski definition) is 2. The summed E-state index contributed by atoms with van der Waals surface area (Å²) in [6.07, 6.45) is 4.26. The minimum atomic E-state index is -0.159. The highest BCUT2D eigenvalue weighted by molar-refractivity contribution is 5.89. The van der Waals surface area contributed by atoms with Crippen molar-refractivity contribution in [2.75, 3.05) is 13.1 Å². The number of amides is 2. The largest absolute Gasteiger partial charge is 0.353 e.